The zero-order valence-electron chi connectivity index (χ0n) is 22.8. The summed E-state index contributed by atoms with van der Waals surface area (Å²) in [4.78, 5) is 38.3. The number of pyridine rings is 1. The number of amides is 1. The molecule has 0 aliphatic carbocycles. The van der Waals surface area contributed by atoms with E-state index in [2.05, 4.69) is 35.2 Å². The number of hydrogen-bond acceptors (Lipinski definition) is 13. The second-order valence-corrected chi connectivity index (χ2v) is 9.94. The van der Waals surface area contributed by atoms with Gasteiger partial charge < -0.3 is 24.1 Å². The van der Waals surface area contributed by atoms with Crippen LogP contribution in [0.15, 0.2) is 36.8 Å². The van der Waals surface area contributed by atoms with Crippen LogP contribution in [0, 0.1) is 12.7 Å². The number of nitrogens with zero attached hydrogens (tertiary/aromatic N) is 6. The molecule has 0 fully saturated rings. The number of aromatic nitrogens is 6. The lowest BCUT2D eigenvalue weighted by atomic mass is 10.1. The number of nitrogens with one attached hydrogen (secondary N) is 1. The predicted molar refractivity (Wildman–Crippen MR) is 151 cm³/mol. The summed E-state index contributed by atoms with van der Waals surface area (Å²) in [6.07, 6.45) is 2.76. The highest BCUT2D eigenvalue weighted by atomic mass is 32.1. The Kier molecular flexibility index (Phi) is 8.78. The first-order valence-corrected chi connectivity index (χ1v) is 13.7. The minimum atomic E-state index is -0.780. The quantitative estimate of drug-likeness (QED) is 0.208. The Morgan fingerprint density at radius 3 is 2.60 bits per heavy atom. The Morgan fingerprint density at radius 1 is 1.02 bits per heavy atom. The Hall–Kier alpha value is -4.76. The molecule has 0 bridgehead atoms. The lowest BCUT2D eigenvalue weighted by molar-refractivity contribution is 0.116. The summed E-state index contributed by atoms with van der Waals surface area (Å²) in [7, 11) is 0. The van der Waals surface area contributed by atoms with E-state index in [1.165, 1.54) is 29.8 Å². The third kappa shape index (κ3) is 6.92. The van der Waals surface area contributed by atoms with Gasteiger partial charge in [0, 0.05) is 11.6 Å². The van der Waals surface area contributed by atoms with E-state index in [1.54, 1.807) is 13.1 Å². The fourth-order valence-electron chi connectivity index (χ4n) is 3.75. The molecule has 0 radical (unpaired) electrons. The number of aryl methyl sites for hydroxylation is 1. The van der Waals surface area contributed by atoms with Crippen molar-refractivity contribution in [1.29, 1.82) is 0 Å². The first-order valence-electron chi connectivity index (χ1n) is 12.9. The number of carbonyl (C=O) groups is 1. The number of carbonyl (C=O) groups excluding carboxylic acids is 1. The summed E-state index contributed by atoms with van der Waals surface area (Å²) in [6.45, 7) is 5.58. The fourth-order valence-corrected chi connectivity index (χ4v) is 4.68. The number of hydrogen-bond donors (Lipinski definition) is 2. The number of halogens is 1. The molecule has 0 spiro atoms. The molecule has 218 valence electrons. The van der Waals surface area contributed by atoms with Crippen LogP contribution in [0.25, 0.3) is 32.0 Å². The van der Waals surface area contributed by atoms with E-state index in [-0.39, 0.29) is 37.4 Å². The van der Waals surface area contributed by atoms with Crippen molar-refractivity contribution in [3.63, 3.8) is 0 Å². The number of benzene rings is 1. The zero-order valence-corrected chi connectivity index (χ0v) is 23.6. The normalized spacial score (nSPS) is 11.8. The van der Waals surface area contributed by atoms with Gasteiger partial charge in [0.2, 0.25) is 5.88 Å². The molecule has 1 aromatic carbocycles. The average Bonchev–Trinajstić information content (AvgIpc) is 3.37. The second kappa shape index (κ2) is 12.8. The predicted octanol–water partition coefficient (Wildman–Crippen LogP) is 4.32. The van der Waals surface area contributed by atoms with Gasteiger partial charge in [-0.15, -0.1) is 0 Å². The highest BCUT2D eigenvalue weighted by Gasteiger charge is 2.17. The summed E-state index contributed by atoms with van der Waals surface area (Å²) >= 11 is 1.27. The number of ether oxygens (including phenoxy) is 4. The maximum Gasteiger partial charge on any atom is 0.411 e. The van der Waals surface area contributed by atoms with Crippen LogP contribution < -0.4 is 19.5 Å². The maximum atomic E-state index is 14.8. The van der Waals surface area contributed by atoms with Crippen LogP contribution in [0.1, 0.15) is 19.4 Å². The maximum absolute atomic E-state index is 14.8. The van der Waals surface area contributed by atoms with Crippen molar-refractivity contribution in [2.75, 3.05) is 31.7 Å². The van der Waals surface area contributed by atoms with E-state index in [0.717, 1.165) is 11.1 Å². The Balaban J connectivity index is 1.21. The molecule has 13 nitrogen and oxygen atoms in total. The smallest absolute Gasteiger partial charge is 0.411 e. The molecule has 0 aliphatic heterocycles. The van der Waals surface area contributed by atoms with Crippen LogP contribution in [0.4, 0.5) is 14.9 Å². The lowest BCUT2D eigenvalue weighted by Gasteiger charge is -2.09. The topological polar surface area (TPSA) is 164 Å². The van der Waals surface area contributed by atoms with Crippen LogP contribution in [0.3, 0.4) is 0 Å². The molecule has 4 aromatic heterocycles. The summed E-state index contributed by atoms with van der Waals surface area (Å²) < 4.78 is 35.9. The van der Waals surface area contributed by atoms with E-state index in [4.69, 9.17) is 18.9 Å². The Morgan fingerprint density at radius 2 is 1.83 bits per heavy atom. The van der Waals surface area contributed by atoms with Crippen molar-refractivity contribution < 1.29 is 33.2 Å². The third-order valence-corrected chi connectivity index (χ3v) is 6.48. The van der Waals surface area contributed by atoms with Gasteiger partial charge in [0.25, 0.3) is 5.88 Å². The first-order chi connectivity index (χ1) is 20.3. The van der Waals surface area contributed by atoms with Crippen LogP contribution in [0.2, 0.25) is 0 Å². The summed E-state index contributed by atoms with van der Waals surface area (Å²) in [6, 6.07) is 5.15. The fraction of sp³-hybridized carbons (Fsp3) is 0.296. The van der Waals surface area contributed by atoms with Gasteiger partial charge in [-0.25, -0.2) is 34.1 Å². The molecule has 2 N–H and O–H groups in total. The minimum absolute atomic E-state index is 0.0382. The van der Waals surface area contributed by atoms with Gasteiger partial charge in [0.15, 0.2) is 5.82 Å². The molecule has 1 atom stereocenters. The van der Waals surface area contributed by atoms with Gasteiger partial charge in [-0.05, 0) is 38.5 Å². The van der Waals surface area contributed by atoms with Gasteiger partial charge in [-0.1, -0.05) is 11.3 Å². The largest absolute Gasteiger partial charge is 0.477 e. The Bertz CT molecular complexity index is 1720. The number of thiazole rings is 1. The molecule has 0 saturated carbocycles. The van der Waals surface area contributed by atoms with E-state index >= 15 is 0 Å². The van der Waals surface area contributed by atoms with E-state index in [0.29, 0.717) is 38.9 Å². The molecule has 42 heavy (non-hydrogen) atoms. The van der Waals surface area contributed by atoms with E-state index in [1.807, 2.05) is 26.0 Å². The number of rotatable bonds is 11. The van der Waals surface area contributed by atoms with Gasteiger partial charge in [0.05, 0.1) is 48.0 Å². The third-order valence-electron chi connectivity index (χ3n) is 5.48. The first kappa shape index (κ1) is 28.8. The SMILES string of the molecule is CCOc1cnc2c(-c3nc4cc(F)c(OCCOC(=O)Nc5cnc(OC[C@@H](C)O)nc5)nc4s3)cc(C)cc2n1. The van der Waals surface area contributed by atoms with Crippen LogP contribution in [-0.2, 0) is 4.74 Å². The van der Waals surface area contributed by atoms with Crippen molar-refractivity contribution in [1.82, 2.24) is 29.9 Å². The monoisotopic (exact) mass is 595 g/mol. The van der Waals surface area contributed by atoms with Crippen LogP contribution in [-0.4, -0.2) is 73.6 Å². The van der Waals surface area contributed by atoms with Gasteiger partial charge in [-0.2, -0.15) is 4.98 Å². The minimum Gasteiger partial charge on any atom is -0.477 e. The van der Waals surface area contributed by atoms with Gasteiger partial charge in [0.1, 0.15) is 35.2 Å². The average molecular weight is 596 g/mol. The zero-order chi connectivity index (χ0) is 29.6. The molecule has 0 aliphatic rings. The standard InChI is InChI=1S/C27H26FN7O6S/c1-4-38-21-12-29-22-17(7-14(2)8-19(22)33-21)24-34-20-9-18(28)23(35-25(20)42-24)39-5-6-40-27(37)32-16-10-30-26(31-11-16)41-13-15(3)36/h7-12,15,36H,4-6,13H2,1-3H3,(H,32,37)/t15-/m1/s1. The van der Waals surface area contributed by atoms with Crippen molar-refractivity contribution in [2.24, 2.45) is 0 Å². The molecular formula is C27H26FN7O6S. The van der Waals surface area contributed by atoms with Crippen molar-refractivity contribution in [3.05, 3.63) is 48.2 Å². The highest BCUT2D eigenvalue weighted by molar-refractivity contribution is 7.21. The summed E-state index contributed by atoms with van der Waals surface area (Å²) in [5, 5.41) is 12.3. The molecule has 1 amide bonds. The van der Waals surface area contributed by atoms with E-state index in [9.17, 15) is 14.3 Å². The molecule has 0 saturated heterocycles. The number of aliphatic hydroxyl groups is 1. The Labute approximate surface area is 242 Å². The van der Waals surface area contributed by atoms with Crippen molar-refractivity contribution >= 4 is 44.5 Å². The number of anilines is 1. The summed E-state index contributed by atoms with van der Waals surface area (Å²) in [5.74, 6) is -0.507. The van der Waals surface area contributed by atoms with Crippen molar-refractivity contribution in [2.45, 2.75) is 26.9 Å². The van der Waals surface area contributed by atoms with Crippen molar-refractivity contribution in [3.8, 4) is 28.3 Å². The molecule has 5 aromatic rings. The summed E-state index contributed by atoms with van der Waals surface area (Å²) in [5.41, 5.74) is 3.65. The lowest BCUT2D eigenvalue weighted by Crippen LogP contribution is -2.18. The van der Waals surface area contributed by atoms with Crippen LogP contribution in [0.5, 0.6) is 17.8 Å². The van der Waals surface area contributed by atoms with E-state index < -0.39 is 18.0 Å². The van der Waals surface area contributed by atoms with Gasteiger partial charge >= 0.3 is 12.1 Å². The van der Waals surface area contributed by atoms with Crippen LogP contribution >= 0.6 is 11.3 Å². The molecule has 15 heteroatoms. The molecule has 5 rings (SSSR count). The highest BCUT2D eigenvalue weighted by Crippen LogP contribution is 2.35. The number of fused-ring (bicyclic) bond motifs is 2. The second-order valence-electron chi connectivity index (χ2n) is 8.96. The molecule has 0 unspecified atom stereocenters. The molecular weight excluding hydrogens is 569 g/mol. The number of aliphatic hydroxyl groups excluding tert-OH is 1. The molecule has 4 heterocycles. The van der Waals surface area contributed by atoms with Gasteiger partial charge in [-0.3, -0.25) is 5.32 Å².